The van der Waals surface area contributed by atoms with E-state index in [1.165, 1.54) is 0 Å². The van der Waals surface area contributed by atoms with E-state index in [4.69, 9.17) is 5.11 Å². The molecule has 1 aromatic carbocycles. The first-order valence-corrected chi connectivity index (χ1v) is 5.84. The number of aliphatic carboxylic acids is 1. The average molecular weight is 326 g/mol. The molecule has 1 amide bonds. The topological polar surface area (TPSA) is 78.4 Å². The van der Waals surface area contributed by atoms with Gasteiger partial charge >= 0.3 is 12.1 Å². The Bertz CT molecular complexity index is 566. The van der Waals surface area contributed by atoms with Crippen LogP contribution in [0, 0.1) is 11.6 Å². The highest BCUT2D eigenvalue weighted by molar-refractivity contribution is 5.96. The number of carbonyl (C=O) groups excluding carboxylic acids is 1. The Morgan fingerprint density at radius 3 is 2.14 bits per heavy atom. The van der Waals surface area contributed by atoms with Gasteiger partial charge in [0, 0.05) is 5.69 Å². The minimum Gasteiger partial charge on any atom is -0.480 e. The molecule has 0 heterocycles. The molecule has 0 aromatic heterocycles. The van der Waals surface area contributed by atoms with Crippen LogP contribution in [0.4, 0.5) is 27.6 Å². The lowest BCUT2D eigenvalue weighted by Gasteiger charge is -2.19. The monoisotopic (exact) mass is 326 g/mol. The first-order chi connectivity index (χ1) is 10.0. The van der Waals surface area contributed by atoms with E-state index >= 15 is 0 Å². The van der Waals surface area contributed by atoms with E-state index in [2.05, 4.69) is 0 Å². The fourth-order valence-electron chi connectivity index (χ4n) is 1.45. The van der Waals surface area contributed by atoms with Gasteiger partial charge in [-0.05, 0) is 19.1 Å². The standard InChI is InChI=1S/C12H11F5N2O3/c1-5(12(15,16)17)19-6-2-7(13)10(8(14)3-6)11(22)18-4-9(20)21/h2-3,5,19H,4H2,1H3,(H,18,22)(H,20,21)/t5-/m1/s1. The Morgan fingerprint density at radius 2 is 1.73 bits per heavy atom. The summed E-state index contributed by atoms with van der Waals surface area (Å²) in [5.41, 5.74) is -1.58. The molecule has 0 unspecified atom stereocenters. The smallest absolute Gasteiger partial charge is 0.408 e. The van der Waals surface area contributed by atoms with Crippen molar-refractivity contribution in [2.24, 2.45) is 0 Å². The Hall–Kier alpha value is -2.39. The summed E-state index contributed by atoms with van der Waals surface area (Å²) in [5.74, 6) is -5.58. The molecule has 3 N–H and O–H groups in total. The summed E-state index contributed by atoms with van der Waals surface area (Å²) in [6.45, 7) is -0.105. The van der Waals surface area contributed by atoms with Gasteiger partial charge in [0.25, 0.3) is 5.91 Å². The van der Waals surface area contributed by atoms with E-state index in [1.807, 2.05) is 5.32 Å². The number of rotatable bonds is 5. The molecular formula is C12H11F5N2O3. The van der Waals surface area contributed by atoms with Crippen molar-refractivity contribution in [3.8, 4) is 0 Å². The maximum Gasteiger partial charge on any atom is 0.408 e. The van der Waals surface area contributed by atoms with Gasteiger partial charge in [0.2, 0.25) is 0 Å². The first-order valence-electron chi connectivity index (χ1n) is 5.84. The molecule has 1 aromatic rings. The number of amides is 1. The van der Waals surface area contributed by atoms with Crippen molar-refractivity contribution in [3.63, 3.8) is 0 Å². The number of benzene rings is 1. The fraction of sp³-hybridized carbons (Fsp3) is 0.333. The number of nitrogens with one attached hydrogen (secondary N) is 2. The maximum atomic E-state index is 13.7. The van der Waals surface area contributed by atoms with Crippen molar-refractivity contribution in [1.29, 1.82) is 0 Å². The van der Waals surface area contributed by atoms with Gasteiger partial charge in [-0.2, -0.15) is 13.2 Å². The Morgan fingerprint density at radius 1 is 1.23 bits per heavy atom. The number of carboxylic acids is 1. The van der Waals surface area contributed by atoms with Crippen LogP contribution in [0.1, 0.15) is 17.3 Å². The third-order valence-corrected chi connectivity index (χ3v) is 2.54. The molecular weight excluding hydrogens is 315 g/mol. The van der Waals surface area contributed by atoms with Gasteiger partial charge in [-0.15, -0.1) is 0 Å². The van der Waals surface area contributed by atoms with Gasteiger partial charge in [-0.25, -0.2) is 8.78 Å². The van der Waals surface area contributed by atoms with Crippen LogP contribution in [0.3, 0.4) is 0 Å². The summed E-state index contributed by atoms with van der Waals surface area (Å²) < 4.78 is 64.4. The highest BCUT2D eigenvalue weighted by atomic mass is 19.4. The number of hydrogen-bond acceptors (Lipinski definition) is 3. The van der Waals surface area contributed by atoms with E-state index in [0.717, 1.165) is 6.92 Å². The second-order valence-electron chi connectivity index (χ2n) is 4.30. The van der Waals surface area contributed by atoms with Crippen LogP contribution in [0.25, 0.3) is 0 Å². The first kappa shape index (κ1) is 17.7. The van der Waals surface area contributed by atoms with Crippen molar-refractivity contribution < 1.29 is 36.6 Å². The van der Waals surface area contributed by atoms with Crippen LogP contribution in [-0.4, -0.2) is 35.7 Å². The van der Waals surface area contributed by atoms with Crippen molar-refractivity contribution >= 4 is 17.6 Å². The molecule has 0 saturated heterocycles. The van der Waals surface area contributed by atoms with Gasteiger partial charge in [0.15, 0.2) is 0 Å². The van der Waals surface area contributed by atoms with Crippen molar-refractivity contribution in [3.05, 3.63) is 29.3 Å². The molecule has 0 spiro atoms. The zero-order valence-corrected chi connectivity index (χ0v) is 11.1. The van der Waals surface area contributed by atoms with Crippen LogP contribution >= 0.6 is 0 Å². The highest BCUT2D eigenvalue weighted by Gasteiger charge is 2.36. The Kier molecular flexibility index (Phi) is 5.28. The minimum absolute atomic E-state index is 0.505. The molecule has 0 aliphatic rings. The molecule has 10 heteroatoms. The van der Waals surface area contributed by atoms with Gasteiger partial charge in [0.1, 0.15) is 29.8 Å². The summed E-state index contributed by atoms with van der Waals surface area (Å²) in [7, 11) is 0. The number of halogens is 5. The third-order valence-electron chi connectivity index (χ3n) is 2.54. The molecule has 0 saturated carbocycles. The second-order valence-corrected chi connectivity index (χ2v) is 4.30. The zero-order valence-electron chi connectivity index (χ0n) is 11.1. The molecule has 0 bridgehead atoms. The van der Waals surface area contributed by atoms with Gasteiger partial charge in [0.05, 0.1) is 0 Å². The molecule has 1 rings (SSSR count). The Labute approximate surface area is 121 Å². The number of anilines is 1. The van der Waals surface area contributed by atoms with E-state index < -0.39 is 53.5 Å². The summed E-state index contributed by atoms with van der Waals surface area (Å²) in [6.07, 6.45) is -4.62. The summed E-state index contributed by atoms with van der Waals surface area (Å²) >= 11 is 0. The largest absolute Gasteiger partial charge is 0.480 e. The van der Waals surface area contributed by atoms with E-state index in [-0.39, 0.29) is 0 Å². The lowest BCUT2D eigenvalue weighted by atomic mass is 10.1. The highest BCUT2D eigenvalue weighted by Crippen LogP contribution is 2.25. The number of carbonyl (C=O) groups is 2. The normalized spacial score (nSPS) is 12.6. The lowest BCUT2D eigenvalue weighted by molar-refractivity contribution is -0.138. The molecule has 22 heavy (non-hydrogen) atoms. The average Bonchev–Trinajstić information content (AvgIpc) is 2.34. The van der Waals surface area contributed by atoms with Crippen molar-refractivity contribution in [2.75, 3.05) is 11.9 Å². The SMILES string of the molecule is C[C@@H](Nc1cc(F)c(C(=O)NCC(=O)O)c(F)c1)C(F)(F)F. The third kappa shape index (κ3) is 4.57. The summed E-state index contributed by atoms with van der Waals surface area (Å²) in [4.78, 5) is 21.7. The lowest BCUT2D eigenvalue weighted by Crippen LogP contribution is -2.33. The predicted octanol–water partition coefficient (Wildman–Crippen LogP) is 2.14. The molecule has 0 aliphatic carbocycles. The molecule has 1 atom stereocenters. The van der Waals surface area contributed by atoms with E-state index in [1.54, 1.807) is 5.32 Å². The van der Waals surface area contributed by atoms with Gasteiger partial charge in [-0.1, -0.05) is 0 Å². The minimum atomic E-state index is -4.62. The van der Waals surface area contributed by atoms with Crippen LogP contribution in [-0.2, 0) is 4.79 Å². The predicted molar refractivity (Wildman–Crippen MR) is 65.5 cm³/mol. The summed E-state index contributed by atoms with van der Waals surface area (Å²) in [6, 6.07) is -1.03. The number of carboxylic acid groups (broad SMARTS) is 1. The van der Waals surface area contributed by atoms with Crippen molar-refractivity contribution in [1.82, 2.24) is 5.32 Å². The molecule has 5 nitrogen and oxygen atoms in total. The van der Waals surface area contributed by atoms with Gasteiger partial charge < -0.3 is 15.7 Å². The summed E-state index contributed by atoms with van der Waals surface area (Å²) in [5, 5.41) is 11.9. The van der Waals surface area contributed by atoms with Crippen LogP contribution in [0.2, 0.25) is 0 Å². The molecule has 122 valence electrons. The van der Waals surface area contributed by atoms with E-state index in [9.17, 15) is 31.5 Å². The quantitative estimate of drug-likeness (QED) is 0.725. The van der Waals surface area contributed by atoms with Gasteiger partial charge in [-0.3, -0.25) is 9.59 Å². The second kappa shape index (κ2) is 6.58. The Balaban J connectivity index is 2.97. The molecule has 0 fully saturated rings. The van der Waals surface area contributed by atoms with E-state index in [0.29, 0.717) is 12.1 Å². The van der Waals surface area contributed by atoms with Crippen LogP contribution in [0.5, 0.6) is 0 Å². The maximum absolute atomic E-state index is 13.7. The zero-order chi connectivity index (χ0) is 17.1. The van der Waals surface area contributed by atoms with Crippen molar-refractivity contribution in [2.45, 2.75) is 19.1 Å². The van der Waals surface area contributed by atoms with Crippen LogP contribution in [0.15, 0.2) is 12.1 Å². The molecule has 0 aliphatic heterocycles. The van der Waals surface area contributed by atoms with Crippen LogP contribution < -0.4 is 10.6 Å². The molecule has 0 radical (unpaired) electrons. The fourth-order valence-corrected chi connectivity index (χ4v) is 1.45. The number of alkyl halides is 3. The number of hydrogen-bond donors (Lipinski definition) is 3.